The molecule has 0 bridgehead atoms. The van der Waals surface area contributed by atoms with Crippen LogP contribution in [0.15, 0.2) is 12.2 Å². The van der Waals surface area contributed by atoms with Gasteiger partial charge in [0.25, 0.3) is 0 Å². The third-order valence-corrected chi connectivity index (χ3v) is 13.1. The molecule has 0 aromatic carbocycles. The SMILES string of the molecule is CC(C)C(C)/C=C/[C@@H](C)[C@H]1CC[C@@]2(C)[C@@H]3CC[C@H]4[C@H](C)[C@@H](O)CC[C@@]45C[C@@]35CC[C@]12C. The van der Waals surface area contributed by atoms with E-state index in [0.29, 0.717) is 39.4 Å². The van der Waals surface area contributed by atoms with Gasteiger partial charge in [0, 0.05) is 0 Å². The van der Waals surface area contributed by atoms with Crippen LogP contribution < -0.4 is 0 Å². The molecule has 176 valence electrons. The molecule has 5 saturated carbocycles. The van der Waals surface area contributed by atoms with Gasteiger partial charge in [0.15, 0.2) is 0 Å². The van der Waals surface area contributed by atoms with Crippen molar-refractivity contribution in [3.05, 3.63) is 12.2 Å². The van der Waals surface area contributed by atoms with Crippen molar-refractivity contribution in [3.8, 4) is 0 Å². The highest BCUT2D eigenvalue weighted by molar-refractivity contribution is 5.29. The molecule has 1 unspecified atom stereocenters. The maximum absolute atomic E-state index is 10.6. The predicted molar refractivity (Wildman–Crippen MR) is 131 cm³/mol. The zero-order valence-corrected chi connectivity index (χ0v) is 21.6. The van der Waals surface area contributed by atoms with Gasteiger partial charge in [-0.1, -0.05) is 60.6 Å². The van der Waals surface area contributed by atoms with Gasteiger partial charge >= 0.3 is 0 Å². The Kier molecular flexibility index (Phi) is 5.15. The Morgan fingerprint density at radius 1 is 0.806 bits per heavy atom. The molecule has 0 aromatic heterocycles. The third-order valence-electron chi connectivity index (χ3n) is 13.1. The number of allylic oxidation sites excluding steroid dienone is 2. The van der Waals surface area contributed by atoms with Crippen LogP contribution in [0.5, 0.6) is 0 Å². The Balaban J connectivity index is 1.40. The second-order valence-electron chi connectivity index (χ2n) is 14.0. The molecule has 11 atom stereocenters. The number of aliphatic hydroxyl groups is 1. The van der Waals surface area contributed by atoms with Gasteiger partial charge in [0.2, 0.25) is 0 Å². The smallest absolute Gasteiger partial charge is 0.0568 e. The predicted octanol–water partition coefficient (Wildman–Crippen LogP) is 7.88. The van der Waals surface area contributed by atoms with E-state index in [-0.39, 0.29) is 6.10 Å². The lowest BCUT2D eigenvalue weighted by Gasteiger charge is -2.62. The van der Waals surface area contributed by atoms with Gasteiger partial charge in [-0.2, -0.15) is 0 Å². The monoisotopic (exact) mass is 426 g/mol. The van der Waals surface area contributed by atoms with Gasteiger partial charge in [-0.25, -0.2) is 0 Å². The first-order valence-corrected chi connectivity index (χ1v) is 13.9. The first kappa shape index (κ1) is 22.5. The van der Waals surface area contributed by atoms with Crippen LogP contribution in [0.3, 0.4) is 0 Å². The molecule has 0 saturated heterocycles. The van der Waals surface area contributed by atoms with Gasteiger partial charge in [0.1, 0.15) is 0 Å². The van der Waals surface area contributed by atoms with Gasteiger partial charge in [-0.05, 0) is 121 Å². The summed E-state index contributed by atoms with van der Waals surface area (Å²) in [5.74, 6) is 5.24. The number of hydrogen-bond donors (Lipinski definition) is 1. The normalized spacial score (nSPS) is 55.3. The fourth-order valence-corrected chi connectivity index (χ4v) is 10.6. The van der Waals surface area contributed by atoms with Crippen molar-refractivity contribution in [2.24, 2.45) is 63.1 Å². The molecule has 5 rings (SSSR count). The lowest BCUT2D eigenvalue weighted by molar-refractivity contribution is -0.141. The van der Waals surface area contributed by atoms with E-state index in [9.17, 15) is 5.11 Å². The molecular formula is C30H50O. The molecule has 0 aromatic rings. The van der Waals surface area contributed by atoms with Crippen LogP contribution in [0.25, 0.3) is 0 Å². The summed E-state index contributed by atoms with van der Waals surface area (Å²) in [6.45, 7) is 17.4. The summed E-state index contributed by atoms with van der Waals surface area (Å²) in [6.07, 6.45) is 17.6. The van der Waals surface area contributed by atoms with Gasteiger partial charge in [-0.3, -0.25) is 0 Å². The van der Waals surface area contributed by atoms with Crippen molar-refractivity contribution < 1.29 is 5.11 Å². The van der Waals surface area contributed by atoms with Crippen LogP contribution in [0, 0.1) is 63.1 Å². The summed E-state index contributed by atoms with van der Waals surface area (Å²) < 4.78 is 0. The van der Waals surface area contributed by atoms with Crippen molar-refractivity contribution in [2.75, 3.05) is 0 Å². The number of fused-ring (bicyclic) bond motifs is 2. The molecule has 2 spiro atoms. The second-order valence-corrected chi connectivity index (χ2v) is 14.0. The highest BCUT2D eigenvalue weighted by Crippen LogP contribution is 2.88. The largest absolute Gasteiger partial charge is 0.393 e. The van der Waals surface area contributed by atoms with Crippen LogP contribution in [0.4, 0.5) is 0 Å². The van der Waals surface area contributed by atoms with E-state index in [2.05, 4.69) is 60.6 Å². The Morgan fingerprint density at radius 2 is 1.55 bits per heavy atom. The molecule has 0 heterocycles. The molecule has 31 heavy (non-hydrogen) atoms. The molecular weight excluding hydrogens is 376 g/mol. The lowest BCUT2D eigenvalue weighted by Crippen LogP contribution is -2.55. The van der Waals surface area contributed by atoms with E-state index in [1.54, 1.807) is 0 Å². The molecule has 5 aliphatic carbocycles. The van der Waals surface area contributed by atoms with Gasteiger partial charge in [0.05, 0.1) is 6.10 Å². The second kappa shape index (κ2) is 7.10. The minimum Gasteiger partial charge on any atom is -0.393 e. The van der Waals surface area contributed by atoms with E-state index in [1.807, 2.05) is 0 Å². The Bertz CT molecular complexity index is 739. The van der Waals surface area contributed by atoms with Gasteiger partial charge < -0.3 is 5.11 Å². The zero-order chi connectivity index (χ0) is 22.4. The summed E-state index contributed by atoms with van der Waals surface area (Å²) in [4.78, 5) is 0. The summed E-state index contributed by atoms with van der Waals surface area (Å²) in [5, 5.41) is 10.6. The summed E-state index contributed by atoms with van der Waals surface area (Å²) in [6, 6.07) is 0. The molecule has 0 radical (unpaired) electrons. The molecule has 5 fully saturated rings. The van der Waals surface area contributed by atoms with E-state index in [4.69, 9.17) is 0 Å². The number of aliphatic hydroxyl groups excluding tert-OH is 1. The molecule has 0 aliphatic heterocycles. The summed E-state index contributed by atoms with van der Waals surface area (Å²) in [5.41, 5.74) is 2.27. The average Bonchev–Trinajstić information content (AvgIpc) is 3.31. The number of hydrogen-bond acceptors (Lipinski definition) is 1. The lowest BCUT2D eigenvalue weighted by atomic mass is 9.43. The third kappa shape index (κ3) is 2.77. The molecule has 1 N–H and O–H groups in total. The van der Waals surface area contributed by atoms with Crippen molar-refractivity contribution in [1.82, 2.24) is 0 Å². The maximum atomic E-state index is 10.6. The molecule has 5 aliphatic rings. The Morgan fingerprint density at radius 3 is 2.26 bits per heavy atom. The van der Waals surface area contributed by atoms with Crippen LogP contribution >= 0.6 is 0 Å². The van der Waals surface area contributed by atoms with Crippen molar-refractivity contribution in [1.29, 1.82) is 0 Å². The van der Waals surface area contributed by atoms with Crippen LogP contribution in [0.1, 0.15) is 106 Å². The number of rotatable bonds is 4. The maximum Gasteiger partial charge on any atom is 0.0568 e. The highest BCUT2D eigenvalue weighted by atomic mass is 16.3. The molecule has 0 amide bonds. The Hall–Kier alpha value is -0.300. The van der Waals surface area contributed by atoms with Gasteiger partial charge in [-0.15, -0.1) is 0 Å². The average molecular weight is 427 g/mol. The molecule has 1 heteroatoms. The fourth-order valence-electron chi connectivity index (χ4n) is 10.6. The fraction of sp³-hybridized carbons (Fsp3) is 0.933. The van der Waals surface area contributed by atoms with E-state index < -0.39 is 0 Å². The van der Waals surface area contributed by atoms with E-state index in [1.165, 1.54) is 51.4 Å². The minimum atomic E-state index is -0.0361. The van der Waals surface area contributed by atoms with Crippen molar-refractivity contribution in [2.45, 2.75) is 112 Å². The zero-order valence-electron chi connectivity index (χ0n) is 21.6. The van der Waals surface area contributed by atoms with E-state index >= 15 is 0 Å². The quantitative estimate of drug-likeness (QED) is 0.453. The standard InChI is InChI=1S/C30H50O/c1-19(2)20(3)8-9-21(4)23-12-14-28(7)26-11-10-24-22(5)25(31)13-15-29(24)18-30(26,29)17-16-27(23,28)6/h8-9,19-26,31H,10-18H2,1-7H3/b9-8+/t20?,21-,22+,23-,24+,25+,26+,27-,28+,29-,30+/m1/s1. The first-order valence-electron chi connectivity index (χ1n) is 13.9. The minimum absolute atomic E-state index is 0.0361. The van der Waals surface area contributed by atoms with Crippen LogP contribution in [-0.2, 0) is 0 Å². The van der Waals surface area contributed by atoms with Crippen molar-refractivity contribution >= 4 is 0 Å². The summed E-state index contributed by atoms with van der Waals surface area (Å²) in [7, 11) is 0. The summed E-state index contributed by atoms with van der Waals surface area (Å²) >= 11 is 0. The topological polar surface area (TPSA) is 20.2 Å². The highest BCUT2D eigenvalue weighted by Gasteiger charge is 2.81. The van der Waals surface area contributed by atoms with Crippen LogP contribution in [-0.4, -0.2) is 11.2 Å². The van der Waals surface area contributed by atoms with Crippen molar-refractivity contribution in [3.63, 3.8) is 0 Å². The first-order chi connectivity index (χ1) is 14.5. The van der Waals surface area contributed by atoms with E-state index in [0.717, 1.165) is 30.1 Å². The van der Waals surface area contributed by atoms with Crippen LogP contribution in [0.2, 0.25) is 0 Å². The Labute approximate surface area is 192 Å². The molecule has 1 nitrogen and oxygen atoms in total.